The summed E-state index contributed by atoms with van der Waals surface area (Å²) in [5.41, 5.74) is 0.694. The van der Waals surface area contributed by atoms with Crippen molar-refractivity contribution in [2.24, 2.45) is 0 Å². The lowest BCUT2D eigenvalue weighted by Crippen LogP contribution is -2.12. The van der Waals surface area contributed by atoms with E-state index in [0.29, 0.717) is 11.4 Å². The fourth-order valence-electron chi connectivity index (χ4n) is 1.06. The van der Waals surface area contributed by atoms with E-state index in [1.165, 1.54) is 19.2 Å². The number of hydrogen-bond acceptors (Lipinski definition) is 2. The number of ether oxygens (including phenoxy) is 1. The number of anilines is 1. The predicted octanol–water partition coefficient (Wildman–Crippen LogP) is 2.27. The Labute approximate surface area is 83.1 Å². The minimum absolute atomic E-state index is 0.116. The molecule has 14 heavy (non-hydrogen) atoms. The summed E-state index contributed by atoms with van der Waals surface area (Å²) < 4.78 is 17.8. The fraction of sp³-hybridized carbons (Fsp3) is 0.273. The number of hydrogen-bond donors (Lipinski definition) is 1. The molecule has 0 aromatic heterocycles. The number of halogens is 1. The summed E-state index contributed by atoms with van der Waals surface area (Å²) in [6.07, 6.45) is 5.21. The average molecular weight is 193 g/mol. The second kappa shape index (κ2) is 4.52. The van der Waals surface area contributed by atoms with Crippen LogP contribution in [0.15, 0.2) is 18.2 Å². The van der Waals surface area contributed by atoms with Gasteiger partial charge >= 0.3 is 0 Å². The molecule has 1 aromatic carbocycles. The molecular formula is C11H12FNO. The van der Waals surface area contributed by atoms with Gasteiger partial charge in [0, 0.05) is 6.07 Å². The summed E-state index contributed by atoms with van der Waals surface area (Å²) in [7, 11) is 1.49. The topological polar surface area (TPSA) is 21.3 Å². The van der Waals surface area contributed by atoms with Gasteiger partial charge in [-0.15, -0.1) is 6.42 Å². The SMILES string of the molecule is C#CC(C)Nc1ccc(F)cc1OC. The van der Waals surface area contributed by atoms with Crippen molar-refractivity contribution >= 4 is 5.69 Å². The minimum Gasteiger partial charge on any atom is -0.494 e. The van der Waals surface area contributed by atoms with E-state index in [2.05, 4.69) is 11.2 Å². The summed E-state index contributed by atoms with van der Waals surface area (Å²) in [6.45, 7) is 1.84. The van der Waals surface area contributed by atoms with Crippen LogP contribution in [0.2, 0.25) is 0 Å². The number of terminal acetylenes is 1. The third-order valence-corrected chi connectivity index (χ3v) is 1.79. The molecule has 0 heterocycles. The van der Waals surface area contributed by atoms with Crippen LogP contribution in [-0.2, 0) is 0 Å². The molecule has 0 fully saturated rings. The quantitative estimate of drug-likeness (QED) is 0.743. The van der Waals surface area contributed by atoms with Gasteiger partial charge in [0.1, 0.15) is 11.6 Å². The molecule has 0 aliphatic rings. The molecule has 1 unspecified atom stereocenters. The molecule has 0 amide bonds. The lowest BCUT2D eigenvalue weighted by Gasteiger charge is -2.12. The Morgan fingerprint density at radius 1 is 1.57 bits per heavy atom. The molecule has 0 aliphatic carbocycles. The van der Waals surface area contributed by atoms with Crippen molar-refractivity contribution in [3.63, 3.8) is 0 Å². The van der Waals surface area contributed by atoms with E-state index >= 15 is 0 Å². The number of benzene rings is 1. The highest BCUT2D eigenvalue weighted by Crippen LogP contribution is 2.25. The molecule has 0 saturated carbocycles. The zero-order chi connectivity index (χ0) is 10.6. The largest absolute Gasteiger partial charge is 0.494 e. The second-order valence-corrected chi connectivity index (χ2v) is 2.88. The predicted molar refractivity (Wildman–Crippen MR) is 54.9 cm³/mol. The standard InChI is InChI=1S/C11H12FNO/c1-4-8(2)13-10-6-5-9(12)7-11(10)14-3/h1,5-8,13H,2-3H3. The van der Waals surface area contributed by atoms with Gasteiger partial charge in [-0.05, 0) is 19.1 Å². The summed E-state index contributed by atoms with van der Waals surface area (Å²) >= 11 is 0. The third-order valence-electron chi connectivity index (χ3n) is 1.79. The fourth-order valence-corrected chi connectivity index (χ4v) is 1.06. The van der Waals surface area contributed by atoms with Gasteiger partial charge in [-0.1, -0.05) is 5.92 Å². The lowest BCUT2D eigenvalue weighted by atomic mass is 10.2. The van der Waals surface area contributed by atoms with E-state index in [1.54, 1.807) is 6.07 Å². The van der Waals surface area contributed by atoms with Crippen molar-refractivity contribution in [2.45, 2.75) is 13.0 Å². The van der Waals surface area contributed by atoms with Gasteiger partial charge < -0.3 is 10.1 Å². The lowest BCUT2D eigenvalue weighted by molar-refractivity contribution is 0.413. The molecule has 3 heteroatoms. The van der Waals surface area contributed by atoms with Crippen molar-refractivity contribution in [1.82, 2.24) is 0 Å². The van der Waals surface area contributed by atoms with E-state index in [0.717, 1.165) is 0 Å². The Bertz CT molecular complexity index is 357. The average Bonchev–Trinajstić information content (AvgIpc) is 2.20. The third kappa shape index (κ3) is 2.40. The normalized spacial score (nSPS) is 11.6. The van der Waals surface area contributed by atoms with Crippen molar-refractivity contribution in [3.05, 3.63) is 24.0 Å². The van der Waals surface area contributed by atoms with Crippen LogP contribution in [0.25, 0.3) is 0 Å². The van der Waals surface area contributed by atoms with Gasteiger partial charge in [0.2, 0.25) is 0 Å². The van der Waals surface area contributed by atoms with Crippen molar-refractivity contribution in [1.29, 1.82) is 0 Å². The Balaban J connectivity index is 2.92. The van der Waals surface area contributed by atoms with Crippen molar-refractivity contribution < 1.29 is 9.13 Å². The van der Waals surface area contributed by atoms with Crippen molar-refractivity contribution in [3.8, 4) is 18.1 Å². The first kappa shape index (κ1) is 10.4. The molecule has 0 aliphatic heterocycles. The highest BCUT2D eigenvalue weighted by atomic mass is 19.1. The van der Waals surface area contributed by atoms with Gasteiger partial charge in [-0.2, -0.15) is 0 Å². The van der Waals surface area contributed by atoms with E-state index in [4.69, 9.17) is 11.2 Å². The summed E-state index contributed by atoms with van der Waals surface area (Å²) in [5.74, 6) is 2.64. The van der Waals surface area contributed by atoms with Gasteiger partial charge in [0.05, 0.1) is 18.8 Å². The van der Waals surface area contributed by atoms with Crippen LogP contribution in [0.4, 0.5) is 10.1 Å². The zero-order valence-electron chi connectivity index (χ0n) is 8.17. The molecular weight excluding hydrogens is 181 g/mol. The van der Waals surface area contributed by atoms with E-state index < -0.39 is 0 Å². The molecule has 74 valence electrons. The molecule has 1 N–H and O–H groups in total. The summed E-state index contributed by atoms with van der Waals surface area (Å²) in [5, 5.41) is 3.01. The number of methoxy groups -OCH3 is 1. The van der Waals surface area contributed by atoms with Gasteiger partial charge in [-0.3, -0.25) is 0 Å². The molecule has 1 atom stereocenters. The highest BCUT2D eigenvalue weighted by Gasteiger charge is 2.05. The minimum atomic E-state index is -0.333. The van der Waals surface area contributed by atoms with Gasteiger partial charge in [0.15, 0.2) is 0 Å². The highest BCUT2D eigenvalue weighted by molar-refractivity contribution is 5.57. The first-order valence-corrected chi connectivity index (χ1v) is 4.23. The van der Waals surface area contributed by atoms with Crippen LogP contribution in [0.5, 0.6) is 5.75 Å². The number of nitrogens with one attached hydrogen (secondary N) is 1. The second-order valence-electron chi connectivity index (χ2n) is 2.88. The number of rotatable bonds is 3. The summed E-state index contributed by atoms with van der Waals surface area (Å²) in [6, 6.07) is 4.15. The maximum atomic E-state index is 12.8. The van der Waals surface area contributed by atoms with Crippen molar-refractivity contribution in [2.75, 3.05) is 12.4 Å². The Kier molecular flexibility index (Phi) is 3.35. The van der Waals surface area contributed by atoms with Crippen LogP contribution in [0.1, 0.15) is 6.92 Å². The Hall–Kier alpha value is -1.69. The van der Waals surface area contributed by atoms with Crippen LogP contribution >= 0.6 is 0 Å². The molecule has 1 aromatic rings. The van der Waals surface area contributed by atoms with Crippen LogP contribution in [0, 0.1) is 18.2 Å². The molecule has 0 spiro atoms. The molecule has 0 saturated heterocycles. The van der Waals surface area contributed by atoms with E-state index in [1.807, 2.05) is 6.92 Å². The molecule has 0 radical (unpaired) electrons. The maximum Gasteiger partial charge on any atom is 0.144 e. The van der Waals surface area contributed by atoms with E-state index in [-0.39, 0.29) is 11.9 Å². The van der Waals surface area contributed by atoms with E-state index in [9.17, 15) is 4.39 Å². The molecule has 1 rings (SSSR count). The zero-order valence-corrected chi connectivity index (χ0v) is 8.17. The van der Waals surface area contributed by atoms with Crippen LogP contribution in [0.3, 0.4) is 0 Å². The summed E-state index contributed by atoms with van der Waals surface area (Å²) in [4.78, 5) is 0. The molecule has 2 nitrogen and oxygen atoms in total. The Morgan fingerprint density at radius 2 is 2.29 bits per heavy atom. The Morgan fingerprint density at radius 3 is 2.86 bits per heavy atom. The first-order valence-electron chi connectivity index (χ1n) is 4.23. The van der Waals surface area contributed by atoms with Gasteiger partial charge in [-0.25, -0.2) is 4.39 Å². The van der Waals surface area contributed by atoms with Gasteiger partial charge in [0.25, 0.3) is 0 Å². The van der Waals surface area contributed by atoms with Crippen LogP contribution < -0.4 is 10.1 Å². The maximum absolute atomic E-state index is 12.8. The first-order chi connectivity index (χ1) is 6.67. The monoisotopic (exact) mass is 193 g/mol. The smallest absolute Gasteiger partial charge is 0.144 e. The molecule has 0 bridgehead atoms. The van der Waals surface area contributed by atoms with Crippen LogP contribution in [-0.4, -0.2) is 13.2 Å².